The summed E-state index contributed by atoms with van der Waals surface area (Å²) < 4.78 is 5.24. The van der Waals surface area contributed by atoms with Gasteiger partial charge in [0.2, 0.25) is 5.95 Å². The van der Waals surface area contributed by atoms with Crippen molar-refractivity contribution in [2.24, 2.45) is 5.41 Å². The van der Waals surface area contributed by atoms with Crippen molar-refractivity contribution in [1.82, 2.24) is 15.3 Å². The monoisotopic (exact) mass is 293 g/mol. The molecule has 0 bridgehead atoms. The Hall–Kier alpha value is -1.89. The number of carbonyl (C=O) groups is 1. The first-order valence-corrected chi connectivity index (χ1v) is 7.08. The standard InChI is InChI=1S/C14H23N5O2/c1-19(2)12-15-7-11(8-16-12)18-13(20)17-9-14(10-21-3)5-4-6-14/h7-8H,4-6,9-10H2,1-3H3,(H2,17,18,20). The van der Waals surface area contributed by atoms with E-state index < -0.39 is 0 Å². The van der Waals surface area contributed by atoms with Crippen LogP contribution in [0.3, 0.4) is 0 Å². The third kappa shape index (κ3) is 4.04. The van der Waals surface area contributed by atoms with Gasteiger partial charge in [-0.1, -0.05) is 6.42 Å². The van der Waals surface area contributed by atoms with E-state index in [0.717, 1.165) is 12.8 Å². The van der Waals surface area contributed by atoms with Gasteiger partial charge < -0.3 is 20.3 Å². The minimum absolute atomic E-state index is 0.109. The topological polar surface area (TPSA) is 79.4 Å². The second-order valence-electron chi connectivity index (χ2n) is 5.76. The molecule has 1 aromatic heterocycles. The summed E-state index contributed by atoms with van der Waals surface area (Å²) in [7, 11) is 5.43. The Kier molecular flexibility index (Phi) is 4.95. The molecule has 1 fully saturated rings. The van der Waals surface area contributed by atoms with Crippen LogP contribution in [0.2, 0.25) is 0 Å². The molecule has 1 aliphatic carbocycles. The van der Waals surface area contributed by atoms with E-state index in [1.807, 2.05) is 14.1 Å². The number of ether oxygens (including phenoxy) is 1. The predicted molar refractivity (Wildman–Crippen MR) is 81.5 cm³/mol. The van der Waals surface area contributed by atoms with Crippen LogP contribution in [0.1, 0.15) is 19.3 Å². The normalized spacial score (nSPS) is 16.0. The van der Waals surface area contributed by atoms with E-state index in [1.165, 1.54) is 6.42 Å². The summed E-state index contributed by atoms with van der Waals surface area (Å²) in [4.78, 5) is 22.0. The average molecular weight is 293 g/mol. The highest BCUT2D eigenvalue weighted by Crippen LogP contribution is 2.40. The molecule has 2 N–H and O–H groups in total. The fourth-order valence-electron chi connectivity index (χ4n) is 2.41. The molecule has 7 nitrogen and oxygen atoms in total. The average Bonchev–Trinajstić information content (AvgIpc) is 2.42. The van der Waals surface area contributed by atoms with Crippen LogP contribution in [0.15, 0.2) is 12.4 Å². The second-order valence-corrected chi connectivity index (χ2v) is 5.76. The van der Waals surface area contributed by atoms with Crippen LogP contribution in [0.4, 0.5) is 16.4 Å². The Morgan fingerprint density at radius 3 is 2.52 bits per heavy atom. The van der Waals surface area contributed by atoms with Crippen molar-refractivity contribution in [1.29, 1.82) is 0 Å². The summed E-state index contributed by atoms with van der Waals surface area (Å²) in [6.45, 7) is 1.32. The molecular formula is C14H23N5O2. The van der Waals surface area contributed by atoms with E-state index in [-0.39, 0.29) is 11.4 Å². The van der Waals surface area contributed by atoms with Gasteiger partial charge in [0.15, 0.2) is 0 Å². The van der Waals surface area contributed by atoms with Gasteiger partial charge in [0.05, 0.1) is 24.7 Å². The van der Waals surface area contributed by atoms with Crippen molar-refractivity contribution in [2.75, 3.05) is 44.6 Å². The van der Waals surface area contributed by atoms with Gasteiger partial charge in [-0.15, -0.1) is 0 Å². The number of rotatable bonds is 6. The number of anilines is 2. The summed E-state index contributed by atoms with van der Waals surface area (Å²) in [5.74, 6) is 0.606. The first-order valence-electron chi connectivity index (χ1n) is 7.08. The lowest BCUT2D eigenvalue weighted by atomic mass is 9.69. The van der Waals surface area contributed by atoms with E-state index in [0.29, 0.717) is 24.8 Å². The summed E-state index contributed by atoms with van der Waals surface area (Å²) in [5.41, 5.74) is 0.685. The number of aromatic nitrogens is 2. The number of methoxy groups -OCH3 is 1. The highest BCUT2D eigenvalue weighted by molar-refractivity contribution is 5.88. The number of amides is 2. The first-order chi connectivity index (χ1) is 10.0. The summed E-state index contributed by atoms with van der Waals surface area (Å²) in [5, 5.41) is 5.64. The molecule has 0 saturated heterocycles. The van der Waals surface area contributed by atoms with Crippen molar-refractivity contribution >= 4 is 17.7 Å². The zero-order chi connectivity index (χ0) is 15.3. The highest BCUT2D eigenvalue weighted by Gasteiger charge is 2.37. The molecule has 2 rings (SSSR count). The second kappa shape index (κ2) is 6.71. The van der Waals surface area contributed by atoms with Gasteiger partial charge in [-0.25, -0.2) is 14.8 Å². The largest absolute Gasteiger partial charge is 0.384 e. The fraction of sp³-hybridized carbons (Fsp3) is 0.643. The molecule has 2 amide bonds. The van der Waals surface area contributed by atoms with E-state index in [4.69, 9.17) is 4.74 Å². The summed E-state index contributed by atoms with van der Waals surface area (Å²) >= 11 is 0. The smallest absolute Gasteiger partial charge is 0.319 e. The zero-order valence-corrected chi connectivity index (χ0v) is 12.8. The van der Waals surface area contributed by atoms with Crippen molar-refractivity contribution < 1.29 is 9.53 Å². The van der Waals surface area contributed by atoms with Crippen LogP contribution in [0.5, 0.6) is 0 Å². The van der Waals surface area contributed by atoms with Crippen molar-refractivity contribution in [3.63, 3.8) is 0 Å². The molecule has 0 unspecified atom stereocenters. The number of nitrogens with zero attached hydrogens (tertiary/aromatic N) is 3. The van der Waals surface area contributed by atoms with Gasteiger partial charge in [-0.2, -0.15) is 0 Å². The number of hydrogen-bond acceptors (Lipinski definition) is 5. The van der Waals surface area contributed by atoms with Gasteiger partial charge in [0.1, 0.15) is 0 Å². The Morgan fingerprint density at radius 2 is 2.05 bits per heavy atom. The number of carbonyl (C=O) groups excluding carboxylic acids is 1. The third-order valence-corrected chi connectivity index (χ3v) is 3.78. The predicted octanol–water partition coefficient (Wildman–Crippen LogP) is 1.48. The molecule has 1 aliphatic rings. The fourth-order valence-corrected chi connectivity index (χ4v) is 2.41. The molecule has 0 atom stereocenters. The molecule has 0 aromatic carbocycles. The molecule has 7 heteroatoms. The molecule has 1 heterocycles. The molecular weight excluding hydrogens is 270 g/mol. The molecule has 0 radical (unpaired) electrons. The van der Waals surface area contributed by atoms with Gasteiger partial charge in [0.25, 0.3) is 0 Å². The van der Waals surface area contributed by atoms with Crippen LogP contribution in [-0.4, -0.2) is 50.4 Å². The van der Waals surface area contributed by atoms with Crippen LogP contribution in [0, 0.1) is 5.41 Å². The molecule has 116 valence electrons. The maximum Gasteiger partial charge on any atom is 0.319 e. The maximum atomic E-state index is 11.9. The van der Waals surface area contributed by atoms with E-state index >= 15 is 0 Å². The van der Waals surface area contributed by atoms with E-state index in [2.05, 4.69) is 20.6 Å². The summed E-state index contributed by atoms with van der Waals surface area (Å²) in [6, 6.07) is -0.237. The minimum Gasteiger partial charge on any atom is -0.384 e. The van der Waals surface area contributed by atoms with E-state index in [1.54, 1.807) is 24.4 Å². The van der Waals surface area contributed by atoms with Crippen molar-refractivity contribution in [3.8, 4) is 0 Å². The summed E-state index contributed by atoms with van der Waals surface area (Å²) in [6.07, 6.45) is 6.59. The van der Waals surface area contributed by atoms with Gasteiger partial charge in [-0.3, -0.25) is 0 Å². The zero-order valence-electron chi connectivity index (χ0n) is 12.8. The van der Waals surface area contributed by atoms with Gasteiger partial charge in [-0.05, 0) is 12.8 Å². The Labute approximate surface area is 125 Å². The lowest BCUT2D eigenvalue weighted by Gasteiger charge is -2.41. The molecule has 0 spiro atoms. The highest BCUT2D eigenvalue weighted by atomic mass is 16.5. The van der Waals surface area contributed by atoms with Gasteiger partial charge >= 0.3 is 6.03 Å². The minimum atomic E-state index is -0.237. The first kappa shape index (κ1) is 15.5. The molecule has 1 saturated carbocycles. The van der Waals surface area contributed by atoms with E-state index in [9.17, 15) is 4.79 Å². The Bertz CT molecular complexity index is 471. The molecule has 0 aliphatic heterocycles. The molecule has 1 aromatic rings. The Morgan fingerprint density at radius 1 is 1.38 bits per heavy atom. The SMILES string of the molecule is COCC1(CNC(=O)Nc2cnc(N(C)C)nc2)CCC1. The van der Waals surface area contributed by atoms with Crippen LogP contribution < -0.4 is 15.5 Å². The quantitative estimate of drug-likeness (QED) is 0.830. The number of nitrogens with one attached hydrogen (secondary N) is 2. The number of hydrogen-bond donors (Lipinski definition) is 2. The van der Waals surface area contributed by atoms with Crippen LogP contribution in [-0.2, 0) is 4.74 Å². The molecule has 21 heavy (non-hydrogen) atoms. The maximum absolute atomic E-state index is 11.9. The Balaban J connectivity index is 1.81. The third-order valence-electron chi connectivity index (χ3n) is 3.78. The van der Waals surface area contributed by atoms with Crippen LogP contribution in [0.25, 0.3) is 0 Å². The van der Waals surface area contributed by atoms with Gasteiger partial charge in [0, 0.05) is 33.2 Å². The lowest BCUT2D eigenvalue weighted by Crippen LogP contribution is -2.46. The lowest BCUT2D eigenvalue weighted by molar-refractivity contribution is 0.0203. The van der Waals surface area contributed by atoms with Crippen LogP contribution >= 0.6 is 0 Å². The van der Waals surface area contributed by atoms with Crippen molar-refractivity contribution in [2.45, 2.75) is 19.3 Å². The van der Waals surface area contributed by atoms with Crippen molar-refractivity contribution in [3.05, 3.63) is 12.4 Å². The number of urea groups is 1.